The lowest BCUT2D eigenvalue weighted by Gasteiger charge is -2.34. The molecule has 0 N–H and O–H groups in total. The summed E-state index contributed by atoms with van der Waals surface area (Å²) in [5.41, 5.74) is 0.129. The monoisotopic (exact) mass is 242 g/mol. The summed E-state index contributed by atoms with van der Waals surface area (Å²) in [5, 5.41) is 0. The summed E-state index contributed by atoms with van der Waals surface area (Å²) in [5.74, 6) is 0.158. The van der Waals surface area contributed by atoms with E-state index in [1.807, 2.05) is 13.8 Å². The molecule has 0 aromatic rings. The van der Waals surface area contributed by atoms with Crippen molar-refractivity contribution in [2.45, 2.75) is 38.6 Å². The molecule has 4 nitrogen and oxygen atoms in total. The van der Waals surface area contributed by atoms with Crippen LogP contribution in [0.3, 0.4) is 0 Å². The Morgan fingerprint density at radius 1 is 1.29 bits per heavy atom. The Hall–Kier alpha value is -0.610. The molecule has 0 radical (unpaired) electrons. The van der Waals surface area contributed by atoms with Crippen LogP contribution in [0.4, 0.5) is 0 Å². The van der Waals surface area contributed by atoms with Crippen LogP contribution in [-0.2, 0) is 9.53 Å². The van der Waals surface area contributed by atoms with E-state index in [1.54, 1.807) is 7.11 Å². The molecule has 0 saturated carbocycles. The van der Waals surface area contributed by atoms with Gasteiger partial charge in [-0.15, -0.1) is 0 Å². The maximum absolute atomic E-state index is 11.9. The fourth-order valence-corrected chi connectivity index (χ4v) is 3.01. The zero-order chi connectivity index (χ0) is 12.9. The van der Waals surface area contributed by atoms with Crippen LogP contribution in [-0.4, -0.2) is 61.6 Å². The summed E-state index contributed by atoms with van der Waals surface area (Å²) in [6.45, 7) is 7.28. The summed E-state index contributed by atoms with van der Waals surface area (Å²) in [6.07, 6.45) is 3.43. The van der Waals surface area contributed by atoms with E-state index in [0.29, 0.717) is 0 Å². The lowest BCUT2D eigenvalue weighted by Crippen LogP contribution is -2.50. The molecule has 2 rings (SSSR count). The number of amides is 1. The van der Waals surface area contributed by atoms with Crippen LogP contribution >= 0.6 is 0 Å². The number of ether oxygens (including phenoxy) is 1. The fourth-order valence-electron chi connectivity index (χ4n) is 3.01. The fraction of sp³-hybridized carbons (Fsp3) is 0.923. The molecule has 2 fully saturated rings. The standard InChI is InChI=1S/C11H20N2O2.C2H6/c1-12-7-5-11(9-12)4-3-6-13(11)10(14)8-15-2;1-2/h3-9H2,1-2H3;1-2H3. The maximum Gasteiger partial charge on any atom is 0.249 e. The number of methoxy groups -OCH3 is 1. The molecular weight excluding hydrogens is 216 g/mol. The summed E-state index contributed by atoms with van der Waals surface area (Å²) in [7, 11) is 3.72. The Bertz CT molecular complexity index is 258. The van der Waals surface area contributed by atoms with Gasteiger partial charge in [-0.25, -0.2) is 0 Å². The minimum atomic E-state index is 0.129. The first-order valence-electron chi connectivity index (χ1n) is 6.66. The Balaban J connectivity index is 0.000000686. The van der Waals surface area contributed by atoms with Gasteiger partial charge in [-0.1, -0.05) is 13.8 Å². The molecule has 17 heavy (non-hydrogen) atoms. The molecule has 100 valence electrons. The third kappa shape index (κ3) is 2.99. The molecule has 4 heteroatoms. The Labute approximate surface area is 105 Å². The molecule has 0 aromatic heterocycles. The van der Waals surface area contributed by atoms with Gasteiger partial charge >= 0.3 is 0 Å². The van der Waals surface area contributed by atoms with Crippen molar-refractivity contribution in [3.8, 4) is 0 Å². The molecule has 0 aromatic carbocycles. The molecule has 2 aliphatic heterocycles. The van der Waals surface area contributed by atoms with E-state index in [-0.39, 0.29) is 18.1 Å². The number of likely N-dealkylation sites (tertiary alicyclic amines) is 2. The lowest BCUT2D eigenvalue weighted by molar-refractivity contribution is -0.139. The quantitative estimate of drug-likeness (QED) is 0.733. The number of carbonyl (C=O) groups excluding carboxylic acids is 1. The highest BCUT2D eigenvalue weighted by molar-refractivity contribution is 5.78. The predicted molar refractivity (Wildman–Crippen MR) is 69.0 cm³/mol. The SMILES string of the molecule is CC.COCC(=O)N1CCCC12CCN(C)C2. The number of nitrogens with zero attached hydrogens (tertiary/aromatic N) is 2. The topological polar surface area (TPSA) is 32.8 Å². The molecule has 2 heterocycles. The van der Waals surface area contributed by atoms with Crippen LogP contribution in [0.15, 0.2) is 0 Å². The van der Waals surface area contributed by atoms with Crippen LogP contribution in [0.1, 0.15) is 33.1 Å². The minimum absolute atomic E-state index is 0.129. The third-order valence-corrected chi connectivity index (χ3v) is 3.69. The maximum atomic E-state index is 11.9. The first-order chi connectivity index (χ1) is 8.18. The first-order valence-corrected chi connectivity index (χ1v) is 6.66. The van der Waals surface area contributed by atoms with Crippen LogP contribution in [0.5, 0.6) is 0 Å². The van der Waals surface area contributed by atoms with Crippen molar-refractivity contribution < 1.29 is 9.53 Å². The van der Waals surface area contributed by atoms with Crippen molar-refractivity contribution in [2.75, 3.05) is 40.4 Å². The van der Waals surface area contributed by atoms with Crippen LogP contribution < -0.4 is 0 Å². The molecule has 0 aliphatic carbocycles. The minimum Gasteiger partial charge on any atom is -0.375 e. The van der Waals surface area contributed by atoms with Gasteiger partial charge in [0.25, 0.3) is 0 Å². The van der Waals surface area contributed by atoms with E-state index in [4.69, 9.17) is 4.74 Å². The summed E-state index contributed by atoms with van der Waals surface area (Å²) in [6, 6.07) is 0. The number of rotatable bonds is 2. The van der Waals surface area contributed by atoms with Gasteiger partial charge in [-0.3, -0.25) is 4.79 Å². The van der Waals surface area contributed by atoms with Crippen molar-refractivity contribution in [2.24, 2.45) is 0 Å². The van der Waals surface area contributed by atoms with E-state index in [2.05, 4.69) is 16.8 Å². The van der Waals surface area contributed by atoms with Crippen molar-refractivity contribution in [3.63, 3.8) is 0 Å². The smallest absolute Gasteiger partial charge is 0.249 e. The van der Waals surface area contributed by atoms with Crippen molar-refractivity contribution >= 4 is 5.91 Å². The Kier molecular flexibility index (Phi) is 5.40. The molecule has 0 bridgehead atoms. The molecule has 1 unspecified atom stereocenters. The second-order valence-electron chi connectivity index (χ2n) is 4.79. The Morgan fingerprint density at radius 2 is 2.00 bits per heavy atom. The number of likely N-dealkylation sites (N-methyl/N-ethyl adjacent to an activating group) is 1. The second-order valence-corrected chi connectivity index (χ2v) is 4.79. The highest BCUT2D eigenvalue weighted by atomic mass is 16.5. The van der Waals surface area contributed by atoms with E-state index < -0.39 is 0 Å². The molecule has 1 amide bonds. The number of carbonyl (C=O) groups is 1. The molecule has 2 aliphatic rings. The van der Waals surface area contributed by atoms with Gasteiger partial charge in [0.05, 0.1) is 5.54 Å². The van der Waals surface area contributed by atoms with Gasteiger partial charge in [0.15, 0.2) is 0 Å². The molecule has 2 saturated heterocycles. The molecular formula is C13H26N2O2. The van der Waals surface area contributed by atoms with Crippen molar-refractivity contribution in [1.29, 1.82) is 0 Å². The van der Waals surface area contributed by atoms with E-state index in [1.165, 1.54) is 0 Å². The number of hydrogen-bond acceptors (Lipinski definition) is 3. The third-order valence-electron chi connectivity index (χ3n) is 3.69. The highest BCUT2D eigenvalue weighted by Crippen LogP contribution is 2.36. The first kappa shape index (κ1) is 14.5. The largest absolute Gasteiger partial charge is 0.375 e. The number of hydrogen-bond donors (Lipinski definition) is 0. The molecule has 1 atom stereocenters. The van der Waals surface area contributed by atoms with E-state index in [0.717, 1.165) is 38.9 Å². The van der Waals surface area contributed by atoms with Crippen molar-refractivity contribution in [3.05, 3.63) is 0 Å². The lowest BCUT2D eigenvalue weighted by atomic mass is 9.95. The predicted octanol–water partition coefficient (Wildman–Crippen LogP) is 1.36. The van der Waals surface area contributed by atoms with E-state index >= 15 is 0 Å². The zero-order valence-corrected chi connectivity index (χ0v) is 11.7. The van der Waals surface area contributed by atoms with Gasteiger partial charge in [0, 0.05) is 26.7 Å². The summed E-state index contributed by atoms with van der Waals surface area (Å²) < 4.78 is 4.94. The van der Waals surface area contributed by atoms with E-state index in [9.17, 15) is 4.79 Å². The van der Waals surface area contributed by atoms with Crippen LogP contribution in [0, 0.1) is 0 Å². The van der Waals surface area contributed by atoms with Gasteiger partial charge in [-0.05, 0) is 26.3 Å². The highest BCUT2D eigenvalue weighted by Gasteiger charge is 2.46. The van der Waals surface area contributed by atoms with Gasteiger partial charge in [0.1, 0.15) is 6.61 Å². The Morgan fingerprint density at radius 3 is 2.53 bits per heavy atom. The van der Waals surface area contributed by atoms with Gasteiger partial charge in [-0.2, -0.15) is 0 Å². The van der Waals surface area contributed by atoms with Crippen LogP contribution in [0.25, 0.3) is 0 Å². The normalized spacial score (nSPS) is 28.4. The van der Waals surface area contributed by atoms with Crippen LogP contribution in [0.2, 0.25) is 0 Å². The second kappa shape index (κ2) is 6.36. The van der Waals surface area contributed by atoms with Gasteiger partial charge in [0.2, 0.25) is 5.91 Å². The van der Waals surface area contributed by atoms with Gasteiger partial charge < -0.3 is 14.5 Å². The van der Waals surface area contributed by atoms with Crippen molar-refractivity contribution in [1.82, 2.24) is 9.80 Å². The summed E-state index contributed by atoms with van der Waals surface area (Å²) in [4.78, 5) is 16.3. The zero-order valence-electron chi connectivity index (χ0n) is 11.7. The average Bonchev–Trinajstić information content (AvgIpc) is 2.90. The summed E-state index contributed by atoms with van der Waals surface area (Å²) >= 11 is 0. The average molecular weight is 242 g/mol. The molecule has 1 spiro atoms.